The van der Waals surface area contributed by atoms with Crippen molar-refractivity contribution in [3.05, 3.63) is 23.7 Å². The van der Waals surface area contributed by atoms with Crippen LogP contribution < -0.4 is 5.73 Å². The minimum Gasteiger partial charge on any atom is -0.465 e. The van der Waals surface area contributed by atoms with E-state index in [9.17, 15) is 0 Å². The van der Waals surface area contributed by atoms with Crippen molar-refractivity contribution in [1.29, 1.82) is 0 Å². The Morgan fingerprint density at radius 2 is 2.24 bits per heavy atom. The van der Waals surface area contributed by atoms with Crippen LogP contribution in [0.15, 0.2) is 16.5 Å². The summed E-state index contributed by atoms with van der Waals surface area (Å²) in [6, 6.07) is 4.58. The molecule has 0 saturated carbocycles. The van der Waals surface area contributed by atoms with Gasteiger partial charge in [0.2, 0.25) is 0 Å². The van der Waals surface area contributed by atoms with Gasteiger partial charge in [0.05, 0.1) is 6.04 Å². The van der Waals surface area contributed by atoms with Crippen molar-refractivity contribution in [3.8, 4) is 0 Å². The second-order valence-electron chi connectivity index (χ2n) is 5.59. The Balaban J connectivity index is 2.18. The van der Waals surface area contributed by atoms with Gasteiger partial charge in [0, 0.05) is 12.6 Å². The molecule has 2 unspecified atom stereocenters. The summed E-state index contributed by atoms with van der Waals surface area (Å²) in [7, 11) is 0. The summed E-state index contributed by atoms with van der Waals surface area (Å²) < 4.78 is 5.78. The summed E-state index contributed by atoms with van der Waals surface area (Å²) in [5.41, 5.74) is 6.28. The molecule has 0 radical (unpaired) electrons. The summed E-state index contributed by atoms with van der Waals surface area (Å²) in [5.74, 6) is 2.68. The second-order valence-corrected chi connectivity index (χ2v) is 5.59. The number of furan rings is 1. The molecule has 1 saturated heterocycles. The molecule has 3 nitrogen and oxygen atoms in total. The van der Waals surface area contributed by atoms with Crippen molar-refractivity contribution in [2.24, 2.45) is 11.7 Å². The predicted octanol–water partition coefficient (Wildman–Crippen LogP) is 2.71. The van der Waals surface area contributed by atoms with Crippen molar-refractivity contribution in [3.63, 3.8) is 0 Å². The Morgan fingerprint density at radius 3 is 2.82 bits per heavy atom. The highest BCUT2D eigenvalue weighted by Gasteiger charge is 2.32. The van der Waals surface area contributed by atoms with Crippen molar-refractivity contribution >= 4 is 0 Å². The van der Waals surface area contributed by atoms with Gasteiger partial charge in [0.15, 0.2) is 0 Å². The van der Waals surface area contributed by atoms with Gasteiger partial charge >= 0.3 is 0 Å². The number of likely N-dealkylation sites (tertiary alicyclic amines) is 1. The van der Waals surface area contributed by atoms with Crippen molar-refractivity contribution < 1.29 is 4.42 Å². The SMILES string of the molecule is Cc1ccc(C2C(N)CCCN2CC(C)C)o1. The van der Waals surface area contributed by atoms with E-state index in [0.29, 0.717) is 5.92 Å². The Kier molecular flexibility index (Phi) is 3.89. The van der Waals surface area contributed by atoms with E-state index in [1.54, 1.807) is 0 Å². The van der Waals surface area contributed by atoms with Crippen molar-refractivity contribution in [2.45, 2.75) is 45.7 Å². The molecule has 0 amide bonds. The van der Waals surface area contributed by atoms with Crippen LogP contribution in [0, 0.1) is 12.8 Å². The van der Waals surface area contributed by atoms with Gasteiger partial charge in [-0.05, 0) is 44.4 Å². The van der Waals surface area contributed by atoms with Crippen LogP contribution >= 0.6 is 0 Å². The Bertz CT molecular complexity index is 359. The van der Waals surface area contributed by atoms with Crippen LogP contribution in [0.25, 0.3) is 0 Å². The first-order valence-corrected chi connectivity index (χ1v) is 6.64. The van der Waals surface area contributed by atoms with E-state index in [1.807, 2.05) is 13.0 Å². The van der Waals surface area contributed by atoms with Gasteiger partial charge in [-0.15, -0.1) is 0 Å². The molecule has 3 heteroatoms. The van der Waals surface area contributed by atoms with Crippen molar-refractivity contribution in [1.82, 2.24) is 4.90 Å². The summed E-state index contributed by atoms with van der Waals surface area (Å²) in [4.78, 5) is 2.48. The van der Waals surface area contributed by atoms with E-state index < -0.39 is 0 Å². The summed E-state index contributed by atoms with van der Waals surface area (Å²) >= 11 is 0. The predicted molar refractivity (Wildman–Crippen MR) is 69.8 cm³/mol. The number of nitrogens with two attached hydrogens (primary N) is 1. The maximum Gasteiger partial charge on any atom is 0.122 e. The molecular weight excluding hydrogens is 212 g/mol. The topological polar surface area (TPSA) is 42.4 Å². The molecule has 0 spiro atoms. The lowest BCUT2D eigenvalue weighted by Crippen LogP contribution is -2.46. The zero-order valence-corrected chi connectivity index (χ0v) is 11.1. The van der Waals surface area contributed by atoms with Crippen molar-refractivity contribution in [2.75, 3.05) is 13.1 Å². The van der Waals surface area contributed by atoms with E-state index in [0.717, 1.165) is 31.0 Å². The fourth-order valence-corrected chi connectivity index (χ4v) is 2.78. The fraction of sp³-hybridized carbons (Fsp3) is 0.714. The number of aryl methyl sites for hydroxylation is 1. The van der Waals surface area contributed by atoms with Crippen LogP contribution in [-0.2, 0) is 0 Å². The first-order chi connectivity index (χ1) is 8.08. The van der Waals surface area contributed by atoms with Crippen LogP contribution in [0.5, 0.6) is 0 Å². The maximum absolute atomic E-state index is 6.28. The van der Waals surface area contributed by atoms with Gasteiger partial charge in [-0.2, -0.15) is 0 Å². The van der Waals surface area contributed by atoms with Crippen LogP contribution in [0.1, 0.15) is 44.3 Å². The molecule has 0 aliphatic carbocycles. The van der Waals surface area contributed by atoms with Gasteiger partial charge in [-0.3, -0.25) is 4.90 Å². The third-order valence-corrected chi connectivity index (χ3v) is 3.43. The highest BCUT2D eigenvalue weighted by Crippen LogP contribution is 2.31. The molecule has 0 bridgehead atoms. The van der Waals surface area contributed by atoms with E-state index in [-0.39, 0.29) is 12.1 Å². The first kappa shape index (κ1) is 12.7. The Hall–Kier alpha value is -0.800. The molecule has 1 aromatic rings. The van der Waals surface area contributed by atoms with Gasteiger partial charge in [-0.1, -0.05) is 13.8 Å². The molecule has 1 aromatic heterocycles. The smallest absolute Gasteiger partial charge is 0.122 e. The Morgan fingerprint density at radius 1 is 1.47 bits per heavy atom. The average Bonchev–Trinajstić information content (AvgIpc) is 2.64. The average molecular weight is 236 g/mol. The highest BCUT2D eigenvalue weighted by molar-refractivity contribution is 5.13. The molecule has 1 aliphatic heterocycles. The molecule has 1 fully saturated rings. The highest BCUT2D eigenvalue weighted by atomic mass is 16.3. The Labute approximate surface area is 104 Å². The third kappa shape index (κ3) is 2.90. The van der Waals surface area contributed by atoms with E-state index >= 15 is 0 Å². The van der Waals surface area contributed by atoms with Crippen LogP contribution in [0.2, 0.25) is 0 Å². The lowest BCUT2D eigenvalue weighted by molar-refractivity contribution is 0.0971. The quantitative estimate of drug-likeness (QED) is 0.877. The standard InChI is InChI=1S/C14H24N2O/c1-10(2)9-16-8-4-5-12(15)14(16)13-7-6-11(3)17-13/h6-7,10,12,14H,4-5,8-9,15H2,1-3H3. The maximum atomic E-state index is 6.28. The van der Waals surface area contributed by atoms with E-state index in [2.05, 4.69) is 24.8 Å². The van der Waals surface area contributed by atoms with E-state index in [4.69, 9.17) is 10.2 Å². The zero-order chi connectivity index (χ0) is 12.4. The first-order valence-electron chi connectivity index (χ1n) is 6.64. The van der Waals surface area contributed by atoms with E-state index in [1.165, 1.54) is 6.42 Å². The monoisotopic (exact) mass is 236 g/mol. The van der Waals surface area contributed by atoms with Gasteiger partial charge in [0.1, 0.15) is 11.5 Å². The summed E-state index contributed by atoms with van der Waals surface area (Å²) in [5, 5.41) is 0. The number of piperidine rings is 1. The lowest BCUT2D eigenvalue weighted by atomic mass is 9.94. The molecule has 2 rings (SSSR count). The minimum absolute atomic E-state index is 0.202. The van der Waals surface area contributed by atoms with Crippen LogP contribution in [0.4, 0.5) is 0 Å². The molecular formula is C14H24N2O. The molecule has 17 heavy (non-hydrogen) atoms. The van der Waals surface area contributed by atoms with Gasteiger partial charge < -0.3 is 10.2 Å². The molecule has 0 aromatic carbocycles. The summed E-state index contributed by atoms with van der Waals surface area (Å²) in [6.07, 6.45) is 2.29. The minimum atomic E-state index is 0.202. The second kappa shape index (κ2) is 5.23. The largest absolute Gasteiger partial charge is 0.465 e. The normalized spacial score (nSPS) is 26.6. The fourth-order valence-electron chi connectivity index (χ4n) is 2.78. The van der Waals surface area contributed by atoms with Crippen LogP contribution in [0.3, 0.4) is 0 Å². The molecule has 2 heterocycles. The van der Waals surface area contributed by atoms with Crippen LogP contribution in [-0.4, -0.2) is 24.0 Å². The molecule has 1 aliphatic rings. The number of hydrogen-bond donors (Lipinski definition) is 1. The number of nitrogens with zero attached hydrogens (tertiary/aromatic N) is 1. The third-order valence-electron chi connectivity index (χ3n) is 3.43. The number of hydrogen-bond acceptors (Lipinski definition) is 3. The zero-order valence-electron chi connectivity index (χ0n) is 11.1. The van der Waals surface area contributed by atoms with Gasteiger partial charge in [0.25, 0.3) is 0 Å². The molecule has 96 valence electrons. The summed E-state index contributed by atoms with van der Waals surface area (Å²) in [6.45, 7) is 8.73. The van der Waals surface area contributed by atoms with Gasteiger partial charge in [-0.25, -0.2) is 0 Å². The lowest BCUT2D eigenvalue weighted by Gasteiger charge is -2.39. The number of rotatable bonds is 3. The molecule has 2 N–H and O–H groups in total. The molecule has 2 atom stereocenters.